The summed E-state index contributed by atoms with van der Waals surface area (Å²) in [7, 11) is 0. The van der Waals surface area contributed by atoms with E-state index in [4.69, 9.17) is 0 Å². The summed E-state index contributed by atoms with van der Waals surface area (Å²) in [5, 5.41) is 18.5. The molecular weight excluding hydrogens is 298 g/mol. The van der Waals surface area contributed by atoms with Crippen molar-refractivity contribution >= 4 is 22.4 Å². The Balaban J connectivity index is 1.94. The third-order valence-electron chi connectivity index (χ3n) is 4.25. The fourth-order valence-corrected chi connectivity index (χ4v) is 4.60. The summed E-state index contributed by atoms with van der Waals surface area (Å²) >= 11 is 1.42. The third kappa shape index (κ3) is 4.51. The van der Waals surface area contributed by atoms with Crippen LogP contribution in [0.1, 0.15) is 45.7 Å². The van der Waals surface area contributed by atoms with Crippen molar-refractivity contribution in [2.24, 2.45) is 11.3 Å². The number of aliphatic hydroxyl groups excluding tert-OH is 1. The largest absolute Gasteiger partial charge is 0.394 e. The number of anilines is 1. The number of aliphatic hydroxyl groups is 1. The summed E-state index contributed by atoms with van der Waals surface area (Å²) < 4.78 is 0. The maximum Gasteiger partial charge on any atom is 0.240 e. The lowest BCUT2D eigenvalue weighted by Crippen LogP contribution is -2.56. The van der Waals surface area contributed by atoms with Crippen molar-refractivity contribution in [1.82, 2.24) is 10.3 Å². The van der Waals surface area contributed by atoms with E-state index in [0.29, 0.717) is 11.0 Å². The number of aryl methyl sites for hydroxylation is 1. The Bertz CT molecular complexity index is 529. The van der Waals surface area contributed by atoms with E-state index in [1.807, 2.05) is 12.3 Å². The SMILES string of the molecule is Cc1csc(NC(=O)CNC2(CO)CC(C)CC(C)(C)C2)n1. The van der Waals surface area contributed by atoms with Gasteiger partial charge in [-0.1, -0.05) is 20.8 Å². The number of nitrogens with zero attached hydrogens (tertiary/aromatic N) is 1. The van der Waals surface area contributed by atoms with Gasteiger partial charge >= 0.3 is 0 Å². The number of amides is 1. The molecule has 0 radical (unpaired) electrons. The number of rotatable bonds is 5. The molecule has 0 bridgehead atoms. The van der Waals surface area contributed by atoms with Gasteiger partial charge in [-0.25, -0.2) is 4.98 Å². The molecule has 1 saturated carbocycles. The lowest BCUT2D eigenvalue weighted by molar-refractivity contribution is -0.116. The van der Waals surface area contributed by atoms with Crippen LogP contribution < -0.4 is 10.6 Å². The molecule has 1 aliphatic rings. The van der Waals surface area contributed by atoms with Crippen LogP contribution in [-0.2, 0) is 4.79 Å². The van der Waals surface area contributed by atoms with Crippen LogP contribution >= 0.6 is 11.3 Å². The molecule has 3 N–H and O–H groups in total. The zero-order valence-electron chi connectivity index (χ0n) is 13.9. The highest BCUT2D eigenvalue weighted by atomic mass is 32.1. The van der Waals surface area contributed by atoms with Crippen LogP contribution in [0.2, 0.25) is 0 Å². The number of aromatic nitrogens is 1. The molecule has 1 fully saturated rings. The van der Waals surface area contributed by atoms with Gasteiger partial charge in [-0.2, -0.15) is 0 Å². The van der Waals surface area contributed by atoms with Gasteiger partial charge < -0.3 is 15.7 Å². The second-order valence-corrected chi connectivity index (χ2v) is 8.35. The van der Waals surface area contributed by atoms with Crippen molar-refractivity contribution in [2.75, 3.05) is 18.5 Å². The molecule has 0 aromatic carbocycles. The second-order valence-electron chi connectivity index (χ2n) is 7.49. The van der Waals surface area contributed by atoms with Crippen LogP contribution in [0.15, 0.2) is 5.38 Å². The quantitative estimate of drug-likeness (QED) is 0.778. The van der Waals surface area contributed by atoms with E-state index < -0.39 is 0 Å². The van der Waals surface area contributed by atoms with E-state index in [9.17, 15) is 9.90 Å². The highest BCUT2D eigenvalue weighted by molar-refractivity contribution is 7.13. The summed E-state index contributed by atoms with van der Waals surface area (Å²) in [5.74, 6) is 0.422. The number of hydrogen-bond donors (Lipinski definition) is 3. The van der Waals surface area contributed by atoms with Crippen molar-refractivity contribution in [1.29, 1.82) is 0 Å². The number of thiazole rings is 1. The highest BCUT2D eigenvalue weighted by Gasteiger charge is 2.42. The first-order valence-corrected chi connectivity index (χ1v) is 8.69. The maximum atomic E-state index is 12.1. The van der Waals surface area contributed by atoms with Crippen molar-refractivity contribution in [3.63, 3.8) is 0 Å². The van der Waals surface area contributed by atoms with Gasteiger partial charge in [-0.05, 0) is 37.5 Å². The third-order valence-corrected chi connectivity index (χ3v) is 5.12. The van der Waals surface area contributed by atoms with Crippen molar-refractivity contribution < 1.29 is 9.90 Å². The molecule has 124 valence electrons. The van der Waals surface area contributed by atoms with E-state index in [1.54, 1.807) is 0 Å². The summed E-state index contributed by atoms with van der Waals surface area (Å²) in [4.78, 5) is 16.3. The topological polar surface area (TPSA) is 74.2 Å². The predicted molar refractivity (Wildman–Crippen MR) is 90.1 cm³/mol. The smallest absolute Gasteiger partial charge is 0.240 e. The van der Waals surface area contributed by atoms with Gasteiger partial charge in [0.15, 0.2) is 5.13 Å². The van der Waals surface area contributed by atoms with Gasteiger partial charge in [-0.15, -0.1) is 11.3 Å². The molecular formula is C16H27N3O2S. The fourth-order valence-electron chi connectivity index (χ4n) is 3.90. The first-order valence-electron chi connectivity index (χ1n) is 7.81. The van der Waals surface area contributed by atoms with Gasteiger partial charge in [-0.3, -0.25) is 4.79 Å². The Morgan fingerprint density at radius 2 is 2.23 bits per heavy atom. The van der Waals surface area contributed by atoms with Crippen LogP contribution in [0, 0.1) is 18.3 Å². The first kappa shape index (κ1) is 17.4. The van der Waals surface area contributed by atoms with Crippen LogP contribution in [-0.4, -0.2) is 34.7 Å². The molecule has 1 aliphatic carbocycles. The van der Waals surface area contributed by atoms with Gasteiger partial charge in [0.25, 0.3) is 0 Å². The number of carbonyl (C=O) groups is 1. The van der Waals surface area contributed by atoms with Crippen LogP contribution in [0.4, 0.5) is 5.13 Å². The van der Waals surface area contributed by atoms with Gasteiger partial charge in [0.05, 0.1) is 18.8 Å². The second kappa shape index (κ2) is 6.64. The first-order chi connectivity index (χ1) is 10.2. The maximum absolute atomic E-state index is 12.1. The predicted octanol–water partition coefficient (Wildman–Crippen LogP) is 2.56. The Morgan fingerprint density at radius 3 is 2.77 bits per heavy atom. The van der Waals surface area contributed by atoms with Crippen LogP contribution in [0.25, 0.3) is 0 Å². The molecule has 1 amide bonds. The molecule has 1 aromatic rings. The lowest BCUT2D eigenvalue weighted by atomic mass is 9.64. The molecule has 2 unspecified atom stereocenters. The zero-order valence-corrected chi connectivity index (χ0v) is 14.7. The Labute approximate surface area is 136 Å². The highest BCUT2D eigenvalue weighted by Crippen LogP contribution is 2.43. The van der Waals surface area contributed by atoms with Gasteiger partial charge in [0.2, 0.25) is 5.91 Å². The summed E-state index contributed by atoms with van der Waals surface area (Å²) in [6.07, 6.45) is 2.93. The minimum absolute atomic E-state index is 0.0599. The normalized spacial score (nSPS) is 27.6. The molecule has 1 aromatic heterocycles. The molecule has 2 rings (SSSR count). The molecule has 2 atom stereocenters. The van der Waals surface area contributed by atoms with Gasteiger partial charge in [0.1, 0.15) is 0 Å². The Morgan fingerprint density at radius 1 is 1.50 bits per heavy atom. The molecule has 6 heteroatoms. The van der Waals surface area contributed by atoms with Crippen molar-refractivity contribution in [3.05, 3.63) is 11.1 Å². The summed E-state index contributed by atoms with van der Waals surface area (Å²) in [6.45, 7) is 8.83. The average Bonchev–Trinajstić information content (AvgIpc) is 2.79. The number of hydrogen-bond acceptors (Lipinski definition) is 5. The van der Waals surface area contributed by atoms with E-state index in [2.05, 4.69) is 36.4 Å². The van der Waals surface area contributed by atoms with E-state index in [-0.39, 0.29) is 30.0 Å². The standard InChI is InChI=1S/C16H27N3O2S/c1-11-5-15(3,4)9-16(6-11,10-20)17-7-13(21)19-14-18-12(2)8-22-14/h8,11,17,20H,5-7,9-10H2,1-4H3,(H,18,19,21). The lowest BCUT2D eigenvalue weighted by Gasteiger charge is -2.47. The van der Waals surface area contributed by atoms with Crippen molar-refractivity contribution in [2.45, 2.75) is 52.5 Å². The Hall–Kier alpha value is -0.980. The van der Waals surface area contributed by atoms with Crippen LogP contribution in [0.3, 0.4) is 0 Å². The average molecular weight is 325 g/mol. The zero-order chi connectivity index (χ0) is 16.4. The molecule has 5 nitrogen and oxygen atoms in total. The summed E-state index contributed by atoms with van der Waals surface area (Å²) in [6, 6.07) is 0. The number of carbonyl (C=O) groups excluding carboxylic acids is 1. The Kier molecular flexibility index (Phi) is 5.25. The monoisotopic (exact) mass is 325 g/mol. The molecule has 22 heavy (non-hydrogen) atoms. The fraction of sp³-hybridized carbons (Fsp3) is 0.750. The molecule has 0 spiro atoms. The molecule has 0 aliphatic heterocycles. The molecule has 0 saturated heterocycles. The minimum atomic E-state index is -0.364. The minimum Gasteiger partial charge on any atom is -0.394 e. The van der Waals surface area contributed by atoms with Crippen LogP contribution in [0.5, 0.6) is 0 Å². The van der Waals surface area contributed by atoms with E-state index >= 15 is 0 Å². The van der Waals surface area contributed by atoms with E-state index in [0.717, 1.165) is 25.0 Å². The van der Waals surface area contributed by atoms with Gasteiger partial charge in [0, 0.05) is 10.9 Å². The summed E-state index contributed by atoms with van der Waals surface area (Å²) in [5.41, 5.74) is 0.719. The van der Waals surface area contributed by atoms with Crippen molar-refractivity contribution in [3.8, 4) is 0 Å². The number of nitrogens with one attached hydrogen (secondary N) is 2. The molecule has 1 heterocycles. The van der Waals surface area contributed by atoms with E-state index in [1.165, 1.54) is 11.3 Å².